The van der Waals surface area contributed by atoms with E-state index in [1.54, 1.807) is 6.33 Å². The summed E-state index contributed by atoms with van der Waals surface area (Å²) < 4.78 is 2.09. The van der Waals surface area contributed by atoms with E-state index in [9.17, 15) is 0 Å². The summed E-state index contributed by atoms with van der Waals surface area (Å²) in [6.45, 7) is 8.28. The molecule has 0 unspecified atom stereocenters. The summed E-state index contributed by atoms with van der Waals surface area (Å²) in [5.74, 6) is 1.32. The van der Waals surface area contributed by atoms with Gasteiger partial charge in [0.25, 0.3) is 0 Å². The van der Waals surface area contributed by atoms with Gasteiger partial charge in [0.05, 0.1) is 6.33 Å². The number of unbranched alkanes of at least 4 members (excludes halogenated alkanes) is 1. The molecule has 2 rings (SSSR count). The van der Waals surface area contributed by atoms with Crippen LogP contribution in [0.25, 0.3) is 11.2 Å². The van der Waals surface area contributed by atoms with Gasteiger partial charge in [0.15, 0.2) is 11.5 Å². The Balaban J connectivity index is 2.37. The summed E-state index contributed by atoms with van der Waals surface area (Å²) in [4.78, 5) is 12.8. The second kappa shape index (κ2) is 6.19. The van der Waals surface area contributed by atoms with E-state index in [4.69, 9.17) is 11.6 Å². The molecule has 6 heteroatoms. The molecule has 0 bridgehead atoms. The van der Waals surface area contributed by atoms with E-state index in [1.807, 2.05) is 0 Å². The maximum Gasteiger partial charge on any atom is 0.226 e. The van der Waals surface area contributed by atoms with Gasteiger partial charge < -0.3 is 9.88 Å². The second-order valence-corrected chi connectivity index (χ2v) is 5.42. The smallest absolute Gasteiger partial charge is 0.226 e. The minimum atomic E-state index is 0.237. The highest BCUT2D eigenvalue weighted by Gasteiger charge is 2.13. The largest absolute Gasteiger partial charge is 0.368 e. The van der Waals surface area contributed by atoms with Crippen LogP contribution >= 0.6 is 11.6 Å². The number of nitrogens with zero attached hydrogens (tertiary/aromatic N) is 4. The first kappa shape index (κ1) is 14.1. The van der Waals surface area contributed by atoms with Gasteiger partial charge in [0.2, 0.25) is 5.28 Å². The van der Waals surface area contributed by atoms with E-state index in [-0.39, 0.29) is 5.28 Å². The molecule has 0 aliphatic carbocycles. The van der Waals surface area contributed by atoms with Crippen LogP contribution in [0.5, 0.6) is 0 Å². The number of nitrogens with one attached hydrogen (secondary N) is 1. The van der Waals surface area contributed by atoms with Crippen LogP contribution in [0.3, 0.4) is 0 Å². The van der Waals surface area contributed by atoms with Gasteiger partial charge in [-0.1, -0.05) is 27.2 Å². The van der Waals surface area contributed by atoms with Gasteiger partial charge in [-0.25, -0.2) is 4.98 Å². The fraction of sp³-hybridized carbons (Fsp3) is 0.615. The molecule has 19 heavy (non-hydrogen) atoms. The predicted octanol–water partition coefficient (Wildman–Crippen LogP) is 3.35. The van der Waals surface area contributed by atoms with Crippen LogP contribution in [0.4, 0.5) is 5.82 Å². The average molecular weight is 282 g/mol. The lowest BCUT2D eigenvalue weighted by Crippen LogP contribution is -2.09. The molecule has 0 aliphatic heterocycles. The number of imidazole rings is 1. The summed E-state index contributed by atoms with van der Waals surface area (Å²) in [6, 6.07) is 0. The summed E-state index contributed by atoms with van der Waals surface area (Å²) in [5.41, 5.74) is 1.59. The van der Waals surface area contributed by atoms with E-state index in [1.165, 1.54) is 0 Å². The molecule has 2 heterocycles. The lowest BCUT2D eigenvalue weighted by molar-refractivity contribution is 0.532. The zero-order valence-electron chi connectivity index (χ0n) is 11.6. The monoisotopic (exact) mass is 281 g/mol. The van der Waals surface area contributed by atoms with E-state index in [2.05, 4.69) is 45.6 Å². The van der Waals surface area contributed by atoms with Gasteiger partial charge in [-0.15, -0.1) is 0 Å². The molecular weight excluding hydrogens is 262 g/mol. The molecule has 2 aromatic rings. The first-order valence-electron chi connectivity index (χ1n) is 6.74. The van der Waals surface area contributed by atoms with E-state index >= 15 is 0 Å². The predicted molar refractivity (Wildman–Crippen MR) is 78.6 cm³/mol. The van der Waals surface area contributed by atoms with Crippen LogP contribution in [-0.2, 0) is 6.54 Å². The van der Waals surface area contributed by atoms with Gasteiger partial charge >= 0.3 is 0 Å². The van der Waals surface area contributed by atoms with Crippen molar-refractivity contribution >= 4 is 28.6 Å². The third kappa shape index (κ3) is 3.35. The molecule has 0 fully saturated rings. The number of halogens is 1. The molecule has 0 saturated carbocycles. The molecule has 1 N–H and O–H groups in total. The Morgan fingerprint density at radius 3 is 2.84 bits per heavy atom. The Kier molecular flexibility index (Phi) is 4.58. The van der Waals surface area contributed by atoms with Crippen molar-refractivity contribution in [1.82, 2.24) is 19.5 Å². The molecular formula is C13H20ClN5. The van der Waals surface area contributed by atoms with Crippen molar-refractivity contribution in [1.29, 1.82) is 0 Å². The van der Waals surface area contributed by atoms with Gasteiger partial charge in [0, 0.05) is 13.1 Å². The first-order valence-corrected chi connectivity index (χ1v) is 7.11. The number of hydrogen-bond acceptors (Lipinski definition) is 4. The quantitative estimate of drug-likeness (QED) is 0.652. The van der Waals surface area contributed by atoms with Gasteiger partial charge in [-0.2, -0.15) is 9.97 Å². The summed E-state index contributed by atoms with van der Waals surface area (Å²) in [7, 11) is 0. The van der Waals surface area contributed by atoms with Crippen molar-refractivity contribution in [3.63, 3.8) is 0 Å². The molecule has 0 atom stereocenters. The molecule has 0 aliphatic rings. The molecule has 2 aromatic heterocycles. The Morgan fingerprint density at radius 2 is 2.16 bits per heavy atom. The summed E-state index contributed by atoms with van der Waals surface area (Å²) in [5, 5.41) is 3.57. The Bertz CT molecular complexity index is 549. The van der Waals surface area contributed by atoms with Crippen molar-refractivity contribution < 1.29 is 0 Å². The Morgan fingerprint density at radius 1 is 1.37 bits per heavy atom. The minimum Gasteiger partial charge on any atom is -0.368 e. The van der Waals surface area contributed by atoms with E-state index < -0.39 is 0 Å². The van der Waals surface area contributed by atoms with Gasteiger partial charge in [0.1, 0.15) is 5.52 Å². The third-order valence-corrected chi connectivity index (χ3v) is 3.00. The highest BCUT2D eigenvalue weighted by molar-refractivity contribution is 6.28. The third-order valence-electron chi connectivity index (χ3n) is 2.83. The highest BCUT2D eigenvalue weighted by atomic mass is 35.5. The lowest BCUT2D eigenvalue weighted by Gasteiger charge is -2.11. The van der Waals surface area contributed by atoms with Crippen molar-refractivity contribution in [2.75, 3.05) is 11.9 Å². The van der Waals surface area contributed by atoms with Crippen LogP contribution in [0, 0.1) is 5.92 Å². The standard InChI is InChI=1S/C13H20ClN5/c1-4-5-6-15-11-10-12(18-13(14)17-11)16-8-19(10)7-9(2)3/h8-9H,4-7H2,1-3H3,(H,15,17,18). The maximum atomic E-state index is 5.94. The fourth-order valence-electron chi connectivity index (χ4n) is 1.99. The zero-order chi connectivity index (χ0) is 13.8. The van der Waals surface area contributed by atoms with Gasteiger partial charge in [-0.3, -0.25) is 0 Å². The average Bonchev–Trinajstić information content (AvgIpc) is 2.71. The van der Waals surface area contributed by atoms with Crippen LogP contribution in [-0.4, -0.2) is 26.1 Å². The van der Waals surface area contributed by atoms with Crippen LogP contribution < -0.4 is 5.32 Å². The normalized spacial score (nSPS) is 11.4. The first-order chi connectivity index (χ1) is 9.11. The van der Waals surface area contributed by atoms with Crippen molar-refractivity contribution in [3.8, 4) is 0 Å². The van der Waals surface area contributed by atoms with Crippen LogP contribution in [0.1, 0.15) is 33.6 Å². The van der Waals surface area contributed by atoms with Crippen molar-refractivity contribution in [2.24, 2.45) is 5.92 Å². The molecule has 0 aromatic carbocycles. The number of rotatable bonds is 6. The fourth-order valence-corrected chi connectivity index (χ4v) is 2.16. The SMILES string of the molecule is CCCCNc1nc(Cl)nc2ncn(CC(C)C)c12. The zero-order valence-corrected chi connectivity index (χ0v) is 12.4. The number of anilines is 1. The number of hydrogen-bond donors (Lipinski definition) is 1. The van der Waals surface area contributed by atoms with Crippen LogP contribution in [0.2, 0.25) is 5.28 Å². The maximum absolute atomic E-state index is 5.94. The topological polar surface area (TPSA) is 55.6 Å². The minimum absolute atomic E-state index is 0.237. The molecule has 0 amide bonds. The van der Waals surface area contributed by atoms with Gasteiger partial charge in [-0.05, 0) is 23.9 Å². The summed E-state index contributed by atoms with van der Waals surface area (Å²) in [6.07, 6.45) is 4.04. The molecule has 0 saturated heterocycles. The number of fused-ring (bicyclic) bond motifs is 1. The van der Waals surface area contributed by atoms with E-state index in [0.29, 0.717) is 11.6 Å². The van der Waals surface area contributed by atoms with E-state index in [0.717, 1.165) is 37.3 Å². The molecule has 0 radical (unpaired) electrons. The molecule has 5 nitrogen and oxygen atoms in total. The molecule has 104 valence electrons. The second-order valence-electron chi connectivity index (χ2n) is 5.08. The van der Waals surface area contributed by atoms with Crippen molar-refractivity contribution in [2.45, 2.75) is 40.2 Å². The lowest BCUT2D eigenvalue weighted by atomic mass is 10.2. The summed E-state index contributed by atoms with van der Waals surface area (Å²) >= 11 is 5.94. The van der Waals surface area contributed by atoms with Crippen LogP contribution in [0.15, 0.2) is 6.33 Å². The van der Waals surface area contributed by atoms with Crippen molar-refractivity contribution in [3.05, 3.63) is 11.6 Å². The Labute approximate surface area is 118 Å². The molecule has 0 spiro atoms. The Hall–Kier alpha value is -1.36. The highest BCUT2D eigenvalue weighted by Crippen LogP contribution is 2.22. The number of aromatic nitrogens is 4.